The van der Waals surface area contributed by atoms with Gasteiger partial charge in [-0.25, -0.2) is 4.79 Å². The van der Waals surface area contributed by atoms with Gasteiger partial charge in [-0.3, -0.25) is 4.79 Å². The maximum Gasteiger partial charge on any atom is 0.341 e. The summed E-state index contributed by atoms with van der Waals surface area (Å²) >= 11 is 0. The lowest BCUT2D eigenvalue weighted by atomic mass is 10.0. The first-order valence-electron chi connectivity index (χ1n) is 9.24. The molecular weight excluding hydrogens is 334 g/mol. The molecule has 6 nitrogen and oxygen atoms in total. The van der Waals surface area contributed by atoms with E-state index in [4.69, 9.17) is 14.2 Å². The van der Waals surface area contributed by atoms with Crippen LogP contribution < -0.4 is 10.1 Å². The quantitative estimate of drug-likeness (QED) is 0.630. The Hall–Kier alpha value is -2.08. The summed E-state index contributed by atoms with van der Waals surface area (Å²) < 4.78 is 16.5. The minimum atomic E-state index is -0.926. The molecular formula is C20H31NO5. The van der Waals surface area contributed by atoms with Crippen LogP contribution in [0, 0.1) is 0 Å². The molecule has 0 aromatic heterocycles. The molecule has 1 N–H and O–H groups in total. The smallest absolute Gasteiger partial charge is 0.341 e. The molecule has 1 amide bonds. The van der Waals surface area contributed by atoms with Gasteiger partial charge in [0.2, 0.25) is 0 Å². The van der Waals surface area contributed by atoms with Crippen LogP contribution in [-0.2, 0) is 14.3 Å². The van der Waals surface area contributed by atoms with Crippen LogP contribution in [0.4, 0.5) is 5.69 Å². The van der Waals surface area contributed by atoms with Gasteiger partial charge < -0.3 is 19.5 Å². The Labute approximate surface area is 156 Å². The molecule has 1 aromatic rings. The summed E-state index contributed by atoms with van der Waals surface area (Å²) in [4.78, 5) is 24.9. The van der Waals surface area contributed by atoms with Crippen LogP contribution in [-0.4, -0.2) is 36.8 Å². The summed E-state index contributed by atoms with van der Waals surface area (Å²) in [5.41, 5.74) is -0.140. The third-order valence-electron chi connectivity index (χ3n) is 4.25. The second-order valence-corrected chi connectivity index (χ2v) is 6.24. The first-order valence-corrected chi connectivity index (χ1v) is 9.24. The Kier molecular flexibility index (Phi) is 8.58. The van der Waals surface area contributed by atoms with Gasteiger partial charge in [0.15, 0.2) is 0 Å². The maximum atomic E-state index is 12.6. The number of esters is 1. The highest BCUT2D eigenvalue weighted by atomic mass is 16.5. The monoisotopic (exact) mass is 365 g/mol. The molecule has 0 aliphatic rings. The lowest BCUT2D eigenvalue weighted by Crippen LogP contribution is -2.42. The Bertz CT molecular complexity index is 616. The highest BCUT2D eigenvalue weighted by Crippen LogP contribution is 2.27. The molecule has 6 heteroatoms. The van der Waals surface area contributed by atoms with Gasteiger partial charge in [-0.2, -0.15) is 0 Å². The number of carbonyl (C=O) groups is 2. The molecule has 0 aliphatic heterocycles. The number of amides is 1. The van der Waals surface area contributed by atoms with Gasteiger partial charge >= 0.3 is 5.97 Å². The Morgan fingerprint density at radius 3 is 2.38 bits per heavy atom. The largest absolute Gasteiger partial charge is 0.490 e. The van der Waals surface area contributed by atoms with Crippen molar-refractivity contribution >= 4 is 17.6 Å². The van der Waals surface area contributed by atoms with Gasteiger partial charge in [-0.05, 0) is 58.7 Å². The molecule has 0 saturated carbocycles. The van der Waals surface area contributed by atoms with Crippen LogP contribution in [0.2, 0.25) is 0 Å². The molecule has 0 saturated heterocycles. The average molecular weight is 365 g/mol. The van der Waals surface area contributed by atoms with Crippen LogP contribution in [0.5, 0.6) is 5.75 Å². The van der Waals surface area contributed by atoms with Gasteiger partial charge in [-0.1, -0.05) is 13.8 Å². The van der Waals surface area contributed by atoms with Gasteiger partial charge in [-0.15, -0.1) is 0 Å². The predicted molar refractivity (Wildman–Crippen MR) is 102 cm³/mol. The molecule has 0 heterocycles. The van der Waals surface area contributed by atoms with Crippen LogP contribution >= 0.6 is 0 Å². The number of carbonyl (C=O) groups excluding carboxylic acids is 2. The Morgan fingerprint density at radius 2 is 1.85 bits per heavy atom. The summed E-state index contributed by atoms with van der Waals surface area (Å²) in [5.74, 6) is -0.295. The zero-order chi connectivity index (χ0) is 19.7. The molecule has 26 heavy (non-hydrogen) atoms. The second-order valence-electron chi connectivity index (χ2n) is 6.24. The standard InChI is InChI=1S/C20H31NO5/c1-7-14(5)26-17-12-11-15(13-16(17)18(22)24-9-3)21-19(23)20(6,8-2)25-10-4/h11-14H,7-10H2,1-6H3,(H,21,23)/t14-,20-/m1/s1. The van der Waals surface area contributed by atoms with E-state index in [1.807, 2.05) is 27.7 Å². The molecule has 0 aliphatic carbocycles. The van der Waals surface area contributed by atoms with E-state index in [9.17, 15) is 9.59 Å². The number of hydrogen-bond donors (Lipinski definition) is 1. The molecule has 2 atom stereocenters. The number of benzene rings is 1. The van der Waals surface area contributed by atoms with Crippen molar-refractivity contribution in [3.8, 4) is 5.75 Å². The molecule has 1 rings (SSSR count). The first-order chi connectivity index (χ1) is 12.3. The van der Waals surface area contributed by atoms with Crippen molar-refractivity contribution in [2.45, 2.75) is 66.1 Å². The van der Waals surface area contributed by atoms with Crippen LogP contribution in [0.3, 0.4) is 0 Å². The second kappa shape index (κ2) is 10.2. The topological polar surface area (TPSA) is 73.9 Å². The highest BCUT2D eigenvalue weighted by molar-refractivity contribution is 5.99. The van der Waals surface area contributed by atoms with E-state index in [0.29, 0.717) is 30.0 Å². The maximum absolute atomic E-state index is 12.6. The molecule has 146 valence electrons. The summed E-state index contributed by atoms with van der Waals surface area (Å²) in [7, 11) is 0. The fourth-order valence-corrected chi connectivity index (χ4v) is 2.29. The zero-order valence-electron chi connectivity index (χ0n) is 16.7. The van der Waals surface area contributed by atoms with Crippen LogP contribution in [0.15, 0.2) is 18.2 Å². The normalized spacial score (nSPS) is 14.2. The average Bonchev–Trinajstić information content (AvgIpc) is 2.62. The fourth-order valence-electron chi connectivity index (χ4n) is 2.29. The third-order valence-corrected chi connectivity index (χ3v) is 4.25. The number of rotatable bonds is 10. The van der Waals surface area contributed by atoms with Gasteiger partial charge in [0.25, 0.3) is 5.91 Å². The van der Waals surface area contributed by atoms with Gasteiger partial charge in [0.1, 0.15) is 16.9 Å². The lowest BCUT2D eigenvalue weighted by molar-refractivity contribution is -0.139. The summed E-state index contributed by atoms with van der Waals surface area (Å²) in [6.45, 7) is 11.9. The van der Waals surface area contributed by atoms with E-state index >= 15 is 0 Å². The van der Waals surface area contributed by atoms with E-state index in [2.05, 4.69) is 5.32 Å². The van der Waals surface area contributed by atoms with Crippen molar-refractivity contribution in [1.82, 2.24) is 0 Å². The third kappa shape index (κ3) is 5.73. The van der Waals surface area contributed by atoms with Crippen molar-refractivity contribution < 1.29 is 23.8 Å². The molecule has 0 unspecified atom stereocenters. The minimum absolute atomic E-state index is 0.0371. The van der Waals surface area contributed by atoms with E-state index in [-0.39, 0.29) is 18.6 Å². The summed E-state index contributed by atoms with van der Waals surface area (Å²) in [5, 5.41) is 2.82. The molecule has 0 spiro atoms. The van der Waals surface area contributed by atoms with Crippen molar-refractivity contribution in [2.24, 2.45) is 0 Å². The van der Waals surface area contributed by atoms with E-state index in [1.54, 1.807) is 32.0 Å². The predicted octanol–water partition coefficient (Wildman–Crippen LogP) is 4.18. The van der Waals surface area contributed by atoms with E-state index in [1.165, 1.54) is 0 Å². The number of nitrogens with one attached hydrogen (secondary N) is 1. The highest BCUT2D eigenvalue weighted by Gasteiger charge is 2.32. The van der Waals surface area contributed by atoms with Gasteiger partial charge in [0, 0.05) is 12.3 Å². The molecule has 0 radical (unpaired) electrons. The van der Waals surface area contributed by atoms with Crippen molar-refractivity contribution in [2.75, 3.05) is 18.5 Å². The minimum Gasteiger partial charge on any atom is -0.490 e. The Balaban J connectivity index is 3.12. The first kappa shape index (κ1) is 22.0. The molecule has 1 aromatic carbocycles. The lowest BCUT2D eigenvalue weighted by Gasteiger charge is -2.27. The fraction of sp³-hybridized carbons (Fsp3) is 0.600. The van der Waals surface area contributed by atoms with Crippen LogP contribution in [0.25, 0.3) is 0 Å². The zero-order valence-corrected chi connectivity index (χ0v) is 16.7. The van der Waals surface area contributed by atoms with E-state index < -0.39 is 11.6 Å². The van der Waals surface area contributed by atoms with Crippen molar-refractivity contribution in [3.63, 3.8) is 0 Å². The number of ether oxygens (including phenoxy) is 3. The van der Waals surface area contributed by atoms with Crippen molar-refractivity contribution in [1.29, 1.82) is 0 Å². The van der Waals surface area contributed by atoms with Crippen LogP contribution in [0.1, 0.15) is 64.7 Å². The number of hydrogen-bond acceptors (Lipinski definition) is 5. The molecule has 0 fully saturated rings. The van der Waals surface area contributed by atoms with Gasteiger partial charge in [0.05, 0.1) is 12.7 Å². The van der Waals surface area contributed by atoms with E-state index in [0.717, 1.165) is 6.42 Å². The summed E-state index contributed by atoms with van der Waals surface area (Å²) in [6.07, 6.45) is 1.31. The van der Waals surface area contributed by atoms with Crippen molar-refractivity contribution in [3.05, 3.63) is 23.8 Å². The number of anilines is 1. The summed E-state index contributed by atoms with van der Waals surface area (Å²) in [6, 6.07) is 4.97. The Morgan fingerprint density at radius 1 is 1.15 bits per heavy atom. The SMILES string of the molecule is CCOC(=O)c1cc(NC(=O)[C@@](C)(CC)OCC)ccc1O[C@H](C)CC. The molecule has 0 bridgehead atoms.